The van der Waals surface area contributed by atoms with Crippen LogP contribution in [0.25, 0.3) is 6.08 Å². The number of ether oxygens (including phenoxy) is 1. The number of carbonyl (C=O) groups is 2. The van der Waals surface area contributed by atoms with Gasteiger partial charge in [0, 0.05) is 16.7 Å². The molecule has 0 N–H and O–H groups in total. The number of rotatable bonds is 5. The predicted molar refractivity (Wildman–Crippen MR) is 91.5 cm³/mol. The van der Waals surface area contributed by atoms with Gasteiger partial charge in [-0.1, -0.05) is 23.7 Å². The van der Waals surface area contributed by atoms with Gasteiger partial charge in [-0.05, 0) is 55.0 Å². The number of nitrogens with zero attached hydrogens (tertiary/aromatic N) is 1. The second kappa shape index (κ2) is 8.09. The van der Waals surface area contributed by atoms with Gasteiger partial charge in [-0.2, -0.15) is 5.26 Å². The number of carbonyl (C=O) groups excluding carboxylic acids is 2. The van der Waals surface area contributed by atoms with Gasteiger partial charge in [0.2, 0.25) is 5.78 Å². The van der Waals surface area contributed by atoms with Gasteiger partial charge in [0.1, 0.15) is 0 Å². The standard InChI is InChI=1S/C19H14ClNO3/c1-13(19(23)16-7-9-17(20)10-8-16)24-18(22)11-6-14-2-4-15(12-21)5-3-14/h2-11,13H,1H3/b11-6+/t13-/m0/s1. The van der Waals surface area contributed by atoms with Crippen LogP contribution in [0.5, 0.6) is 0 Å². The third-order valence-electron chi connectivity index (χ3n) is 3.24. The van der Waals surface area contributed by atoms with Crippen LogP contribution in [0.1, 0.15) is 28.4 Å². The first kappa shape index (κ1) is 17.5. The molecule has 0 fully saturated rings. The third-order valence-corrected chi connectivity index (χ3v) is 3.49. The van der Waals surface area contributed by atoms with Crippen LogP contribution in [-0.4, -0.2) is 17.9 Å². The molecule has 2 aromatic carbocycles. The fraction of sp³-hybridized carbons (Fsp3) is 0.105. The van der Waals surface area contributed by atoms with E-state index >= 15 is 0 Å². The molecule has 0 heterocycles. The lowest BCUT2D eigenvalue weighted by molar-refractivity contribution is -0.140. The second-order valence-electron chi connectivity index (χ2n) is 5.02. The van der Waals surface area contributed by atoms with E-state index < -0.39 is 12.1 Å². The van der Waals surface area contributed by atoms with E-state index in [1.54, 1.807) is 54.6 Å². The number of Topliss-reactive ketones (excluding diaryl/α,β-unsaturated/α-hetero) is 1. The highest BCUT2D eigenvalue weighted by Gasteiger charge is 2.18. The molecule has 0 aliphatic carbocycles. The summed E-state index contributed by atoms with van der Waals surface area (Å²) in [7, 11) is 0. The van der Waals surface area contributed by atoms with E-state index in [0.29, 0.717) is 16.1 Å². The van der Waals surface area contributed by atoms with Crippen LogP contribution in [0.4, 0.5) is 0 Å². The van der Waals surface area contributed by atoms with E-state index in [9.17, 15) is 9.59 Å². The molecule has 0 spiro atoms. The van der Waals surface area contributed by atoms with Crippen LogP contribution in [-0.2, 0) is 9.53 Å². The summed E-state index contributed by atoms with van der Waals surface area (Å²) < 4.78 is 5.10. The van der Waals surface area contributed by atoms with Crippen molar-refractivity contribution in [3.8, 4) is 6.07 Å². The van der Waals surface area contributed by atoms with Crippen molar-refractivity contribution in [1.82, 2.24) is 0 Å². The van der Waals surface area contributed by atoms with Crippen molar-refractivity contribution in [2.24, 2.45) is 0 Å². The maximum atomic E-state index is 12.2. The van der Waals surface area contributed by atoms with Crippen LogP contribution in [0.15, 0.2) is 54.6 Å². The molecule has 120 valence electrons. The average Bonchev–Trinajstić information content (AvgIpc) is 2.60. The maximum absolute atomic E-state index is 12.2. The Hall–Kier alpha value is -2.90. The number of hydrogen-bond donors (Lipinski definition) is 0. The Morgan fingerprint density at radius 3 is 2.33 bits per heavy atom. The largest absolute Gasteiger partial charge is 0.451 e. The maximum Gasteiger partial charge on any atom is 0.331 e. The van der Waals surface area contributed by atoms with Crippen LogP contribution >= 0.6 is 11.6 Å². The molecule has 5 heteroatoms. The molecule has 0 saturated carbocycles. The topological polar surface area (TPSA) is 67.2 Å². The highest BCUT2D eigenvalue weighted by atomic mass is 35.5. The number of benzene rings is 2. The number of hydrogen-bond acceptors (Lipinski definition) is 4. The van der Waals surface area contributed by atoms with Crippen molar-refractivity contribution >= 4 is 29.4 Å². The Bertz CT molecular complexity index is 802. The van der Waals surface area contributed by atoms with Gasteiger partial charge in [-0.15, -0.1) is 0 Å². The Morgan fingerprint density at radius 1 is 1.12 bits per heavy atom. The Morgan fingerprint density at radius 2 is 1.75 bits per heavy atom. The van der Waals surface area contributed by atoms with Crippen molar-refractivity contribution in [3.05, 3.63) is 76.3 Å². The van der Waals surface area contributed by atoms with E-state index in [4.69, 9.17) is 21.6 Å². The monoisotopic (exact) mass is 339 g/mol. The predicted octanol–water partition coefficient (Wildman–Crippen LogP) is 4.04. The minimum Gasteiger partial charge on any atom is -0.451 e. The highest BCUT2D eigenvalue weighted by molar-refractivity contribution is 6.30. The number of halogens is 1. The van der Waals surface area contributed by atoms with Gasteiger partial charge < -0.3 is 4.74 Å². The molecule has 1 atom stereocenters. The first-order valence-corrected chi connectivity index (χ1v) is 7.56. The summed E-state index contributed by atoms with van der Waals surface area (Å²) in [5.41, 5.74) is 1.72. The zero-order valence-electron chi connectivity index (χ0n) is 12.9. The van der Waals surface area contributed by atoms with E-state index in [1.807, 2.05) is 6.07 Å². The molecular weight excluding hydrogens is 326 g/mol. The fourth-order valence-corrected chi connectivity index (χ4v) is 2.07. The van der Waals surface area contributed by atoms with E-state index in [0.717, 1.165) is 5.56 Å². The Kier molecular flexibility index (Phi) is 5.89. The van der Waals surface area contributed by atoms with Crippen LogP contribution < -0.4 is 0 Å². The molecule has 0 aliphatic heterocycles. The molecule has 0 bridgehead atoms. The number of nitriles is 1. The summed E-state index contributed by atoms with van der Waals surface area (Å²) in [6.45, 7) is 1.52. The Balaban J connectivity index is 1.95. The van der Waals surface area contributed by atoms with Crippen molar-refractivity contribution in [2.75, 3.05) is 0 Å². The molecule has 0 saturated heterocycles. The Labute approximate surface area is 144 Å². The summed E-state index contributed by atoms with van der Waals surface area (Å²) in [5, 5.41) is 9.25. The lowest BCUT2D eigenvalue weighted by Gasteiger charge is -2.10. The summed E-state index contributed by atoms with van der Waals surface area (Å²) >= 11 is 5.78. The van der Waals surface area contributed by atoms with Crippen molar-refractivity contribution in [1.29, 1.82) is 5.26 Å². The van der Waals surface area contributed by atoms with E-state index in [-0.39, 0.29) is 5.78 Å². The molecule has 0 amide bonds. The van der Waals surface area contributed by atoms with Gasteiger partial charge in [0.25, 0.3) is 0 Å². The van der Waals surface area contributed by atoms with Crippen molar-refractivity contribution in [3.63, 3.8) is 0 Å². The number of ketones is 1. The summed E-state index contributed by atoms with van der Waals surface area (Å²) in [5.74, 6) is -0.916. The van der Waals surface area contributed by atoms with Crippen molar-refractivity contribution < 1.29 is 14.3 Å². The third kappa shape index (κ3) is 4.80. The quantitative estimate of drug-likeness (QED) is 0.468. The van der Waals surface area contributed by atoms with Crippen LogP contribution in [0, 0.1) is 11.3 Å². The molecule has 2 aromatic rings. The minimum absolute atomic E-state index is 0.299. The molecule has 4 nitrogen and oxygen atoms in total. The average molecular weight is 340 g/mol. The zero-order valence-corrected chi connectivity index (χ0v) is 13.7. The van der Waals surface area contributed by atoms with Gasteiger partial charge in [0.05, 0.1) is 11.6 Å². The van der Waals surface area contributed by atoms with Gasteiger partial charge in [0.15, 0.2) is 6.10 Å². The van der Waals surface area contributed by atoms with Crippen LogP contribution in [0.2, 0.25) is 5.02 Å². The molecule has 0 aromatic heterocycles. The summed E-state index contributed by atoms with van der Waals surface area (Å²) in [6, 6.07) is 15.1. The van der Waals surface area contributed by atoms with E-state index in [2.05, 4.69) is 0 Å². The van der Waals surface area contributed by atoms with Crippen molar-refractivity contribution in [2.45, 2.75) is 13.0 Å². The summed E-state index contributed by atoms with van der Waals surface area (Å²) in [6.07, 6.45) is 1.90. The first-order valence-electron chi connectivity index (χ1n) is 7.18. The molecule has 0 radical (unpaired) electrons. The molecular formula is C19H14ClNO3. The van der Waals surface area contributed by atoms with Gasteiger partial charge in [-0.3, -0.25) is 4.79 Å². The summed E-state index contributed by atoms with van der Waals surface area (Å²) in [4.78, 5) is 24.0. The molecule has 2 rings (SSSR count). The fourth-order valence-electron chi connectivity index (χ4n) is 1.95. The zero-order chi connectivity index (χ0) is 17.5. The lowest BCUT2D eigenvalue weighted by Crippen LogP contribution is -2.23. The van der Waals surface area contributed by atoms with Crippen LogP contribution in [0.3, 0.4) is 0 Å². The highest BCUT2D eigenvalue weighted by Crippen LogP contribution is 2.13. The normalized spacial score (nSPS) is 11.7. The first-order chi connectivity index (χ1) is 11.5. The lowest BCUT2D eigenvalue weighted by atomic mass is 10.1. The number of esters is 1. The SMILES string of the molecule is C[C@H](OC(=O)/C=C/c1ccc(C#N)cc1)C(=O)c1ccc(Cl)cc1. The molecule has 0 aliphatic rings. The van der Waals surface area contributed by atoms with Gasteiger partial charge in [-0.25, -0.2) is 4.79 Å². The second-order valence-corrected chi connectivity index (χ2v) is 5.45. The smallest absolute Gasteiger partial charge is 0.331 e. The molecule has 0 unspecified atom stereocenters. The van der Waals surface area contributed by atoms with Gasteiger partial charge >= 0.3 is 5.97 Å². The molecule has 24 heavy (non-hydrogen) atoms. The minimum atomic E-state index is -0.899. The van der Waals surface area contributed by atoms with E-state index in [1.165, 1.54) is 13.0 Å².